The Kier molecular flexibility index (Phi) is 4.35. The lowest BCUT2D eigenvalue weighted by molar-refractivity contribution is -0.141. The van der Waals surface area contributed by atoms with Gasteiger partial charge in [-0.25, -0.2) is 4.98 Å². The van der Waals surface area contributed by atoms with Crippen LogP contribution in [-0.4, -0.2) is 4.98 Å². The molecular formula is C13H6BrF3N2S. The van der Waals surface area contributed by atoms with E-state index < -0.39 is 11.9 Å². The molecule has 2 rings (SSSR count). The summed E-state index contributed by atoms with van der Waals surface area (Å²) in [5, 5.41) is 8.99. The Morgan fingerprint density at radius 3 is 2.30 bits per heavy atom. The van der Waals surface area contributed by atoms with Crippen molar-refractivity contribution in [3.05, 3.63) is 52.1 Å². The van der Waals surface area contributed by atoms with Gasteiger partial charge < -0.3 is 0 Å². The van der Waals surface area contributed by atoms with Gasteiger partial charge in [0, 0.05) is 9.37 Å². The standard InChI is InChI=1S/C13H6BrF3N2S/c14-9-2-4-10(5-3-9)20-12-8(7-18)1-6-11(19-12)13(15,16)17/h1-6H. The molecule has 0 spiro atoms. The van der Waals surface area contributed by atoms with E-state index in [0.717, 1.165) is 28.4 Å². The summed E-state index contributed by atoms with van der Waals surface area (Å²) in [6.45, 7) is 0. The van der Waals surface area contributed by atoms with Crippen LogP contribution >= 0.6 is 27.7 Å². The van der Waals surface area contributed by atoms with Crippen molar-refractivity contribution >= 4 is 27.7 Å². The zero-order valence-corrected chi connectivity index (χ0v) is 12.2. The van der Waals surface area contributed by atoms with E-state index in [4.69, 9.17) is 5.26 Å². The molecule has 0 radical (unpaired) electrons. The molecule has 0 saturated carbocycles. The van der Waals surface area contributed by atoms with Crippen LogP contribution in [0.1, 0.15) is 11.3 Å². The third-order valence-electron chi connectivity index (χ3n) is 2.30. The molecule has 0 fully saturated rings. The maximum absolute atomic E-state index is 12.6. The first-order chi connectivity index (χ1) is 9.40. The van der Waals surface area contributed by atoms with E-state index in [-0.39, 0.29) is 10.6 Å². The Morgan fingerprint density at radius 2 is 1.75 bits per heavy atom. The molecule has 0 aliphatic heterocycles. The topological polar surface area (TPSA) is 36.7 Å². The van der Waals surface area contributed by atoms with Crippen LogP contribution in [0.3, 0.4) is 0 Å². The van der Waals surface area contributed by atoms with Crippen molar-refractivity contribution in [2.24, 2.45) is 0 Å². The van der Waals surface area contributed by atoms with Crippen molar-refractivity contribution in [1.29, 1.82) is 5.26 Å². The molecular weight excluding hydrogens is 353 g/mol. The molecule has 0 N–H and O–H groups in total. The van der Waals surface area contributed by atoms with Crippen molar-refractivity contribution in [2.45, 2.75) is 16.1 Å². The van der Waals surface area contributed by atoms with Gasteiger partial charge in [-0.1, -0.05) is 27.7 Å². The lowest BCUT2D eigenvalue weighted by Crippen LogP contribution is -2.08. The van der Waals surface area contributed by atoms with E-state index in [1.807, 2.05) is 6.07 Å². The van der Waals surface area contributed by atoms with Gasteiger partial charge in [0.05, 0.1) is 5.56 Å². The van der Waals surface area contributed by atoms with Crippen LogP contribution in [0.4, 0.5) is 13.2 Å². The molecule has 0 atom stereocenters. The fraction of sp³-hybridized carbons (Fsp3) is 0.0769. The minimum atomic E-state index is -4.52. The Balaban J connectivity index is 2.39. The fourth-order valence-electron chi connectivity index (χ4n) is 1.38. The summed E-state index contributed by atoms with van der Waals surface area (Å²) in [5.41, 5.74) is -0.887. The molecule has 102 valence electrons. The van der Waals surface area contributed by atoms with Crippen LogP contribution in [-0.2, 0) is 6.18 Å². The number of aromatic nitrogens is 1. The SMILES string of the molecule is N#Cc1ccc(C(F)(F)F)nc1Sc1ccc(Br)cc1. The molecule has 0 amide bonds. The fourth-order valence-corrected chi connectivity index (χ4v) is 2.50. The number of halogens is 4. The van der Waals surface area contributed by atoms with Gasteiger partial charge in [-0.05, 0) is 36.4 Å². The summed E-state index contributed by atoms with van der Waals surface area (Å²) in [5.74, 6) is 0. The Morgan fingerprint density at radius 1 is 1.10 bits per heavy atom. The van der Waals surface area contributed by atoms with Gasteiger partial charge in [0.15, 0.2) is 0 Å². The summed E-state index contributed by atoms with van der Waals surface area (Å²) in [4.78, 5) is 4.24. The van der Waals surface area contributed by atoms with Gasteiger partial charge in [-0.3, -0.25) is 0 Å². The first kappa shape index (κ1) is 14.9. The lowest BCUT2D eigenvalue weighted by Gasteiger charge is -2.09. The third-order valence-corrected chi connectivity index (χ3v) is 3.84. The monoisotopic (exact) mass is 358 g/mol. The number of nitrogens with zero attached hydrogens (tertiary/aromatic N) is 2. The van der Waals surface area contributed by atoms with Gasteiger partial charge in [0.1, 0.15) is 16.8 Å². The Bertz CT molecular complexity index is 663. The molecule has 2 aromatic rings. The smallest absolute Gasteiger partial charge is 0.235 e. The summed E-state index contributed by atoms with van der Waals surface area (Å²) >= 11 is 4.29. The number of pyridine rings is 1. The second kappa shape index (κ2) is 5.85. The summed E-state index contributed by atoms with van der Waals surface area (Å²) in [7, 11) is 0. The molecule has 2 nitrogen and oxygen atoms in total. The van der Waals surface area contributed by atoms with Gasteiger partial charge in [-0.2, -0.15) is 18.4 Å². The van der Waals surface area contributed by atoms with Gasteiger partial charge >= 0.3 is 6.18 Å². The molecule has 7 heteroatoms. The van der Waals surface area contributed by atoms with Crippen LogP contribution < -0.4 is 0 Å². The number of nitriles is 1. The average molecular weight is 359 g/mol. The van der Waals surface area contributed by atoms with Crippen molar-refractivity contribution in [1.82, 2.24) is 4.98 Å². The molecule has 0 saturated heterocycles. The summed E-state index contributed by atoms with van der Waals surface area (Å²) < 4.78 is 38.8. The van der Waals surface area contributed by atoms with Crippen LogP contribution in [0.2, 0.25) is 0 Å². The van der Waals surface area contributed by atoms with E-state index in [1.165, 1.54) is 0 Å². The molecule has 0 unspecified atom stereocenters. The number of hydrogen-bond donors (Lipinski definition) is 0. The molecule has 1 aromatic heterocycles. The second-order valence-electron chi connectivity index (χ2n) is 3.71. The van der Waals surface area contributed by atoms with Crippen LogP contribution in [0.5, 0.6) is 0 Å². The van der Waals surface area contributed by atoms with Crippen molar-refractivity contribution in [3.63, 3.8) is 0 Å². The van der Waals surface area contributed by atoms with E-state index in [1.54, 1.807) is 24.3 Å². The quantitative estimate of drug-likeness (QED) is 0.767. The summed E-state index contributed by atoms with van der Waals surface area (Å²) in [6, 6.07) is 10.8. The average Bonchev–Trinajstić information content (AvgIpc) is 2.40. The highest BCUT2D eigenvalue weighted by molar-refractivity contribution is 9.10. The zero-order chi connectivity index (χ0) is 14.8. The first-order valence-corrected chi connectivity index (χ1v) is 6.93. The molecule has 0 bridgehead atoms. The van der Waals surface area contributed by atoms with Crippen molar-refractivity contribution in [2.75, 3.05) is 0 Å². The van der Waals surface area contributed by atoms with Crippen LogP contribution in [0.25, 0.3) is 0 Å². The van der Waals surface area contributed by atoms with Gasteiger partial charge in [0.2, 0.25) is 0 Å². The zero-order valence-electron chi connectivity index (χ0n) is 9.78. The normalized spacial score (nSPS) is 11.2. The largest absolute Gasteiger partial charge is 0.433 e. The van der Waals surface area contributed by atoms with Crippen LogP contribution in [0.15, 0.2) is 50.8 Å². The van der Waals surface area contributed by atoms with E-state index in [9.17, 15) is 13.2 Å². The van der Waals surface area contributed by atoms with Gasteiger partial charge in [-0.15, -0.1) is 0 Å². The number of benzene rings is 1. The predicted molar refractivity (Wildman–Crippen MR) is 72.2 cm³/mol. The Labute approximate surface area is 125 Å². The third kappa shape index (κ3) is 3.52. The minimum absolute atomic E-state index is 0.0460. The molecule has 0 aliphatic rings. The van der Waals surface area contributed by atoms with Crippen molar-refractivity contribution < 1.29 is 13.2 Å². The highest BCUT2D eigenvalue weighted by Crippen LogP contribution is 2.33. The molecule has 0 aliphatic carbocycles. The first-order valence-electron chi connectivity index (χ1n) is 5.32. The maximum Gasteiger partial charge on any atom is 0.433 e. The number of alkyl halides is 3. The summed E-state index contributed by atoms with van der Waals surface area (Å²) in [6.07, 6.45) is -4.52. The number of rotatable bonds is 2. The van der Waals surface area contributed by atoms with Crippen LogP contribution in [0, 0.1) is 11.3 Å². The van der Waals surface area contributed by atoms with E-state index >= 15 is 0 Å². The van der Waals surface area contributed by atoms with Crippen molar-refractivity contribution in [3.8, 4) is 6.07 Å². The Hall–Kier alpha value is -1.52. The second-order valence-corrected chi connectivity index (χ2v) is 5.69. The highest BCUT2D eigenvalue weighted by Gasteiger charge is 2.33. The maximum atomic E-state index is 12.6. The molecule has 20 heavy (non-hydrogen) atoms. The lowest BCUT2D eigenvalue weighted by atomic mass is 10.2. The highest BCUT2D eigenvalue weighted by atomic mass is 79.9. The van der Waals surface area contributed by atoms with E-state index in [2.05, 4.69) is 20.9 Å². The molecule has 1 aromatic carbocycles. The number of hydrogen-bond acceptors (Lipinski definition) is 3. The minimum Gasteiger partial charge on any atom is -0.235 e. The van der Waals surface area contributed by atoms with Gasteiger partial charge in [0.25, 0.3) is 0 Å². The van der Waals surface area contributed by atoms with E-state index in [0.29, 0.717) is 4.90 Å². The molecule has 1 heterocycles. The predicted octanol–water partition coefficient (Wildman–Crippen LogP) is 4.89.